The average molecular weight is 304 g/mol. The van der Waals surface area contributed by atoms with Crippen LogP contribution in [0, 0.1) is 6.92 Å². The fourth-order valence-corrected chi connectivity index (χ4v) is 2.42. The van der Waals surface area contributed by atoms with Crippen molar-refractivity contribution in [2.75, 3.05) is 6.61 Å². The molecule has 0 bridgehead atoms. The summed E-state index contributed by atoms with van der Waals surface area (Å²) < 4.78 is 5.28. The first-order chi connectivity index (χ1) is 10.1. The predicted octanol–water partition coefficient (Wildman–Crippen LogP) is 2.92. The Morgan fingerprint density at radius 2 is 2.24 bits per heavy atom. The van der Waals surface area contributed by atoms with E-state index in [9.17, 15) is 9.90 Å². The first kappa shape index (κ1) is 15.1. The maximum absolute atomic E-state index is 11.8. The van der Waals surface area contributed by atoms with Crippen LogP contribution in [0.1, 0.15) is 27.0 Å². The number of benzene rings is 1. The summed E-state index contributed by atoms with van der Waals surface area (Å²) in [5.41, 5.74) is 3.19. The lowest BCUT2D eigenvalue weighted by molar-refractivity contribution is 0.0959. The highest BCUT2D eigenvalue weighted by Gasteiger charge is 2.06. The van der Waals surface area contributed by atoms with Crippen LogP contribution in [0.2, 0.25) is 0 Å². The first-order valence-electron chi connectivity index (χ1n) is 6.46. The number of aromatic hydroxyl groups is 1. The smallest absolute Gasteiger partial charge is 0.281 e. The van der Waals surface area contributed by atoms with E-state index in [-0.39, 0.29) is 11.7 Å². The lowest BCUT2D eigenvalue weighted by Gasteiger charge is -2.05. The summed E-state index contributed by atoms with van der Waals surface area (Å²) in [6.07, 6.45) is 1.50. The number of nitrogens with one attached hydrogen (secondary N) is 1. The van der Waals surface area contributed by atoms with Crippen molar-refractivity contribution in [3.05, 3.63) is 45.6 Å². The molecule has 1 aromatic heterocycles. The number of rotatable bonds is 5. The van der Waals surface area contributed by atoms with Gasteiger partial charge in [-0.05, 0) is 49.7 Å². The van der Waals surface area contributed by atoms with E-state index in [0.717, 1.165) is 10.4 Å². The fourth-order valence-electron chi connectivity index (χ4n) is 1.66. The minimum atomic E-state index is -0.242. The summed E-state index contributed by atoms with van der Waals surface area (Å²) in [5, 5.41) is 13.5. The van der Waals surface area contributed by atoms with Gasteiger partial charge >= 0.3 is 0 Å². The zero-order valence-corrected chi connectivity index (χ0v) is 12.6. The van der Waals surface area contributed by atoms with Crippen LogP contribution in [0.25, 0.3) is 0 Å². The van der Waals surface area contributed by atoms with E-state index in [1.54, 1.807) is 18.2 Å². The number of phenolic OH excluding ortho intramolecular Hbond substituents is 1. The number of carbonyl (C=O) groups excluding carboxylic acids is 1. The number of nitrogens with zero attached hydrogens (tertiary/aromatic N) is 1. The standard InChI is InChI=1S/C15H16N2O3S/c1-3-20-13-8-11(5-6-12(13)18)9-16-17-15(19)14-7-4-10(2)21-14/h4-9,18H,3H2,1-2H3,(H,17,19). The number of hydrogen-bond acceptors (Lipinski definition) is 5. The lowest BCUT2D eigenvalue weighted by atomic mass is 10.2. The van der Waals surface area contributed by atoms with Gasteiger partial charge < -0.3 is 9.84 Å². The quantitative estimate of drug-likeness (QED) is 0.659. The van der Waals surface area contributed by atoms with Gasteiger partial charge in [0.15, 0.2) is 11.5 Å². The molecule has 0 unspecified atom stereocenters. The number of carbonyl (C=O) groups is 1. The summed E-state index contributed by atoms with van der Waals surface area (Å²) in [6, 6.07) is 8.51. The molecule has 2 aromatic rings. The molecule has 21 heavy (non-hydrogen) atoms. The van der Waals surface area contributed by atoms with Gasteiger partial charge in [-0.15, -0.1) is 11.3 Å². The van der Waals surface area contributed by atoms with Gasteiger partial charge in [-0.3, -0.25) is 4.79 Å². The molecule has 5 nitrogen and oxygen atoms in total. The molecule has 2 N–H and O–H groups in total. The van der Waals surface area contributed by atoms with Crippen molar-refractivity contribution in [1.29, 1.82) is 0 Å². The SMILES string of the molecule is CCOc1cc(C=NNC(=O)c2ccc(C)s2)ccc1O. The second kappa shape index (κ2) is 6.90. The number of amides is 1. The van der Waals surface area contributed by atoms with Gasteiger partial charge in [0.25, 0.3) is 5.91 Å². The minimum Gasteiger partial charge on any atom is -0.504 e. The van der Waals surface area contributed by atoms with Crippen LogP contribution in [0.5, 0.6) is 11.5 Å². The molecule has 0 aliphatic rings. The summed E-state index contributed by atoms with van der Waals surface area (Å²) in [4.78, 5) is 13.5. The average Bonchev–Trinajstić information content (AvgIpc) is 2.89. The topological polar surface area (TPSA) is 70.9 Å². The number of phenols is 1. The van der Waals surface area contributed by atoms with Crippen molar-refractivity contribution < 1.29 is 14.6 Å². The van der Waals surface area contributed by atoms with Crippen molar-refractivity contribution >= 4 is 23.5 Å². The number of thiophene rings is 1. The van der Waals surface area contributed by atoms with Crippen LogP contribution in [0.15, 0.2) is 35.4 Å². The molecule has 1 amide bonds. The predicted molar refractivity (Wildman–Crippen MR) is 83.4 cm³/mol. The Kier molecular flexibility index (Phi) is 4.94. The second-order valence-electron chi connectivity index (χ2n) is 4.27. The van der Waals surface area contributed by atoms with Crippen molar-refractivity contribution in [2.24, 2.45) is 5.10 Å². The molecule has 1 aromatic carbocycles. The highest BCUT2D eigenvalue weighted by Crippen LogP contribution is 2.26. The molecule has 0 saturated heterocycles. The number of hydrogen-bond donors (Lipinski definition) is 2. The van der Waals surface area contributed by atoms with E-state index < -0.39 is 0 Å². The second-order valence-corrected chi connectivity index (χ2v) is 5.56. The third-order valence-electron chi connectivity index (χ3n) is 2.63. The molecule has 0 saturated carbocycles. The van der Waals surface area contributed by atoms with Gasteiger partial charge in [-0.1, -0.05) is 0 Å². The Bertz CT molecular complexity index is 665. The van der Waals surface area contributed by atoms with Crippen molar-refractivity contribution in [3.63, 3.8) is 0 Å². The third-order valence-corrected chi connectivity index (χ3v) is 3.63. The number of ether oxygens (including phenoxy) is 1. The molecule has 110 valence electrons. The minimum absolute atomic E-state index is 0.0760. The Morgan fingerprint density at radius 1 is 1.43 bits per heavy atom. The molecule has 0 fully saturated rings. The van der Waals surface area contributed by atoms with Crippen molar-refractivity contribution in [2.45, 2.75) is 13.8 Å². The van der Waals surface area contributed by atoms with E-state index in [4.69, 9.17) is 4.74 Å². The number of aryl methyl sites for hydroxylation is 1. The Labute approximate surface area is 126 Å². The van der Waals surface area contributed by atoms with Gasteiger partial charge in [0.1, 0.15) is 0 Å². The van der Waals surface area contributed by atoms with Crippen LogP contribution in [-0.4, -0.2) is 23.8 Å². The van der Waals surface area contributed by atoms with E-state index in [0.29, 0.717) is 17.2 Å². The summed E-state index contributed by atoms with van der Waals surface area (Å²) in [5.74, 6) is 0.224. The summed E-state index contributed by atoms with van der Waals surface area (Å²) in [7, 11) is 0. The molecular formula is C15H16N2O3S. The molecule has 0 spiro atoms. The van der Waals surface area contributed by atoms with E-state index in [2.05, 4.69) is 10.5 Å². The van der Waals surface area contributed by atoms with E-state index in [1.165, 1.54) is 23.6 Å². The molecule has 2 rings (SSSR count). The zero-order chi connectivity index (χ0) is 15.2. The van der Waals surface area contributed by atoms with Crippen LogP contribution in [0.3, 0.4) is 0 Å². The highest BCUT2D eigenvalue weighted by molar-refractivity contribution is 7.13. The van der Waals surface area contributed by atoms with Crippen LogP contribution < -0.4 is 10.2 Å². The first-order valence-corrected chi connectivity index (χ1v) is 7.27. The summed E-state index contributed by atoms with van der Waals surface area (Å²) >= 11 is 1.41. The normalized spacial score (nSPS) is 10.8. The summed E-state index contributed by atoms with van der Waals surface area (Å²) in [6.45, 7) is 4.24. The molecule has 1 heterocycles. The monoisotopic (exact) mass is 304 g/mol. The highest BCUT2D eigenvalue weighted by atomic mass is 32.1. The molecule has 0 aliphatic heterocycles. The van der Waals surface area contributed by atoms with Gasteiger partial charge in [0.2, 0.25) is 0 Å². The largest absolute Gasteiger partial charge is 0.504 e. The van der Waals surface area contributed by atoms with Crippen molar-refractivity contribution in [1.82, 2.24) is 5.43 Å². The van der Waals surface area contributed by atoms with Crippen LogP contribution >= 0.6 is 11.3 Å². The fraction of sp³-hybridized carbons (Fsp3) is 0.200. The van der Waals surface area contributed by atoms with E-state index in [1.807, 2.05) is 19.9 Å². The molecule has 6 heteroatoms. The molecular weight excluding hydrogens is 288 g/mol. The maximum atomic E-state index is 11.8. The Hall–Kier alpha value is -2.34. The third kappa shape index (κ3) is 4.06. The van der Waals surface area contributed by atoms with Crippen molar-refractivity contribution in [3.8, 4) is 11.5 Å². The van der Waals surface area contributed by atoms with E-state index >= 15 is 0 Å². The van der Waals surface area contributed by atoms with Gasteiger partial charge in [0.05, 0.1) is 17.7 Å². The lowest BCUT2D eigenvalue weighted by Crippen LogP contribution is -2.16. The Balaban J connectivity index is 2.01. The molecule has 0 radical (unpaired) electrons. The van der Waals surface area contributed by atoms with Crippen LogP contribution in [-0.2, 0) is 0 Å². The molecule has 0 atom stereocenters. The number of hydrazone groups is 1. The molecule has 0 aliphatic carbocycles. The van der Waals surface area contributed by atoms with Gasteiger partial charge in [-0.2, -0.15) is 5.10 Å². The van der Waals surface area contributed by atoms with Gasteiger partial charge in [-0.25, -0.2) is 5.43 Å². The maximum Gasteiger partial charge on any atom is 0.281 e. The van der Waals surface area contributed by atoms with Crippen LogP contribution in [0.4, 0.5) is 0 Å². The zero-order valence-electron chi connectivity index (χ0n) is 11.8. The Morgan fingerprint density at radius 3 is 2.90 bits per heavy atom. The van der Waals surface area contributed by atoms with Gasteiger partial charge in [0, 0.05) is 4.88 Å².